The first-order valence-corrected chi connectivity index (χ1v) is 9.22. The third-order valence-corrected chi connectivity index (χ3v) is 4.49. The van der Waals surface area contributed by atoms with Gasteiger partial charge in [0.2, 0.25) is 5.82 Å². The van der Waals surface area contributed by atoms with Crippen molar-refractivity contribution in [1.29, 1.82) is 0 Å². The van der Waals surface area contributed by atoms with Gasteiger partial charge in [-0.1, -0.05) is 63.2 Å². The van der Waals surface area contributed by atoms with Crippen LogP contribution in [-0.2, 0) is 17.9 Å². The first kappa shape index (κ1) is 20.6. The van der Waals surface area contributed by atoms with Crippen LogP contribution in [0.25, 0.3) is 11.1 Å². The molecule has 7 heteroatoms. The highest BCUT2D eigenvalue weighted by Gasteiger charge is 2.33. The molecule has 3 rings (SSSR count). The maximum absolute atomic E-state index is 13.7. The smallest absolute Gasteiger partial charge is 0.336 e. The number of carboxylic acids is 1. The molecule has 0 aliphatic carbocycles. The van der Waals surface area contributed by atoms with Gasteiger partial charge in [0.15, 0.2) is 0 Å². The minimum absolute atomic E-state index is 0.223. The molecule has 1 N–H and O–H groups in total. The van der Waals surface area contributed by atoms with Crippen LogP contribution in [0.4, 0.5) is 8.78 Å². The molecule has 0 spiro atoms. The van der Waals surface area contributed by atoms with Gasteiger partial charge in [-0.15, -0.1) is 5.10 Å². The van der Waals surface area contributed by atoms with Crippen LogP contribution in [-0.4, -0.2) is 25.8 Å². The normalized spacial score (nSPS) is 12.2. The van der Waals surface area contributed by atoms with E-state index in [1.165, 1.54) is 4.68 Å². The number of aromatic carboxylic acids is 1. The Morgan fingerprint density at radius 3 is 2.21 bits per heavy atom. The van der Waals surface area contributed by atoms with Crippen LogP contribution in [0.1, 0.15) is 55.3 Å². The van der Waals surface area contributed by atoms with E-state index in [1.807, 2.05) is 45.0 Å². The van der Waals surface area contributed by atoms with E-state index in [1.54, 1.807) is 24.3 Å². The largest absolute Gasteiger partial charge is 0.478 e. The van der Waals surface area contributed by atoms with E-state index in [0.717, 1.165) is 18.1 Å². The van der Waals surface area contributed by atoms with Crippen LogP contribution in [0.15, 0.2) is 48.5 Å². The number of hydrogen-bond acceptors (Lipinski definition) is 3. The quantitative estimate of drug-likeness (QED) is 0.648. The minimum Gasteiger partial charge on any atom is -0.478 e. The lowest BCUT2D eigenvalue weighted by Gasteiger charge is -2.18. The Hall–Kier alpha value is -3.09. The van der Waals surface area contributed by atoms with Crippen molar-refractivity contribution in [2.75, 3.05) is 0 Å². The van der Waals surface area contributed by atoms with E-state index in [9.17, 15) is 18.7 Å². The molecule has 152 valence electrons. The number of alkyl halides is 2. The predicted molar refractivity (Wildman–Crippen MR) is 106 cm³/mol. The van der Waals surface area contributed by atoms with E-state index < -0.39 is 23.1 Å². The first-order valence-electron chi connectivity index (χ1n) is 9.22. The van der Waals surface area contributed by atoms with Gasteiger partial charge in [0, 0.05) is 12.3 Å². The zero-order valence-electron chi connectivity index (χ0n) is 16.8. The fraction of sp³-hybridized carbons (Fsp3) is 0.318. The zero-order valence-corrected chi connectivity index (χ0v) is 16.8. The van der Waals surface area contributed by atoms with Crippen LogP contribution in [0, 0.1) is 0 Å². The highest BCUT2D eigenvalue weighted by atomic mass is 19.3. The van der Waals surface area contributed by atoms with Crippen LogP contribution in [0.3, 0.4) is 0 Å². The van der Waals surface area contributed by atoms with Crippen LogP contribution < -0.4 is 0 Å². The van der Waals surface area contributed by atoms with Gasteiger partial charge in [-0.05, 0) is 22.8 Å². The fourth-order valence-electron chi connectivity index (χ4n) is 3.08. The number of benzene rings is 2. The molecule has 1 aromatic heterocycles. The van der Waals surface area contributed by atoms with Crippen LogP contribution in [0.2, 0.25) is 0 Å². The molecule has 0 saturated carbocycles. The molecule has 3 aromatic rings. The monoisotopic (exact) mass is 399 g/mol. The standard InChI is InChI=1S/C22H23F2N3O2/c1-21(2,3)20-25-19(22(4,23)24)26-27(20)13-14-9-11-15(12-10-14)16-7-5-6-8-17(16)18(28)29/h5-12H,13H2,1-4H3,(H,28,29). The van der Waals surface area contributed by atoms with Crippen molar-refractivity contribution >= 4 is 5.97 Å². The summed E-state index contributed by atoms with van der Waals surface area (Å²) < 4.78 is 29.0. The number of halogens is 2. The van der Waals surface area contributed by atoms with Gasteiger partial charge < -0.3 is 5.11 Å². The van der Waals surface area contributed by atoms with Crippen LogP contribution >= 0.6 is 0 Å². The van der Waals surface area contributed by atoms with E-state index in [4.69, 9.17) is 0 Å². The molecule has 0 radical (unpaired) electrons. The summed E-state index contributed by atoms with van der Waals surface area (Å²) in [6.07, 6.45) is 0. The summed E-state index contributed by atoms with van der Waals surface area (Å²) >= 11 is 0. The zero-order chi connectivity index (χ0) is 21.4. The molecule has 29 heavy (non-hydrogen) atoms. The van der Waals surface area contributed by atoms with E-state index in [2.05, 4.69) is 10.1 Å². The summed E-state index contributed by atoms with van der Waals surface area (Å²) in [5.41, 5.74) is 2.01. The lowest BCUT2D eigenvalue weighted by Crippen LogP contribution is -2.20. The molecule has 0 amide bonds. The summed E-state index contributed by atoms with van der Waals surface area (Å²) in [6.45, 7) is 6.77. The Kier molecular flexibility index (Phi) is 5.26. The van der Waals surface area contributed by atoms with Crippen molar-refractivity contribution in [1.82, 2.24) is 14.8 Å². The molecule has 0 aliphatic rings. The second-order valence-corrected chi connectivity index (χ2v) is 8.10. The van der Waals surface area contributed by atoms with Gasteiger partial charge in [0.25, 0.3) is 0 Å². The van der Waals surface area contributed by atoms with Crippen molar-refractivity contribution in [2.45, 2.75) is 45.6 Å². The van der Waals surface area contributed by atoms with Crippen molar-refractivity contribution in [3.8, 4) is 11.1 Å². The molecular weight excluding hydrogens is 376 g/mol. The topological polar surface area (TPSA) is 68.0 Å². The molecule has 0 aliphatic heterocycles. The highest BCUT2D eigenvalue weighted by Crippen LogP contribution is 2.29. The summed E-state index contributed by atoms with van der Waals surface area (Å²) in [7, 11) is 0. The minimum atomic E-state index is -3.12. The molecule has 2 aromatic carbocycles. The number of nitrogens with zero attached hydrogens (tertiary/aromatic N) is 3. The molecule has 5 nitrogen and oxygen atoms in total. The van der Waals surface area contributed by atoms with E-state index in [-0.39, 0.29) is 12.1 Å². The van der Waals surface area contributed by atoms with Gasteiger partial charge in [-0.3, -0.25) is 0 Å². The first-order chi connectivity index (χ1) is 13.5. The summed E-state index contributed by atoms with van der Waals surface area (Å²) in [6, 6.07) is 14.1. The third-order valence-electron chi connectivity index (χ3n) is 4.49. The maximum atomic E-state index is 13.7. The predicted octanol–water partition coefficient (Wildman–Crippen LogP) is 5.10. The van der Waals surface area contributed by atoms with E-state index >= 15 is 0 Å². The molecular formula is C22H23F2N3O2. The number of hydrogen-bond donors (Lipinski definition) is 1. The number of carbonyl (C=O) groups is 1. The Morgan fingerprint density at radius 1 is 1.03 bits per heavy atom. The summed E-state index contributed by atoms with van der Waals surface area (Å²) in [4.78, 5) is 15.5. The van der Waals surface area contributed by atoms with E-state index in [0.29, 0.717) is 11.4 Å². The van der Waals surface area contributed by atoms with Crippen molar-refractivity contribution in [3.05, 3.63) is 71.3 Å². The van der Waals surface area contributed by atoms with Gasteiger partial charge in [0.05, 0.1) is 12.1 Å². The van der Waals surface area contributed by atoms with Crippen LogP contribution in [0.5, 0.6) is 0 Å². The lowest BCUT2D eigenvalue weighted by molar-refractivity contribution is 0.00752. The number of carboxylic acid groups (broad SMARTS) is 1. The Bertz CT molecular complexity index is 1030. The van der Waals surface area contributed by atoms with Gasteiger partial charge in [0.1, 0.15) is 5.82 Å². The average Bonchev–Trinajstić information content (AvgIpc) is 3.07. The molecule has 0 bridgehead atoms. The Labute approximate surface area is 168 Å². The second kappa shape index (κ2) is 7.39. The van der Waals surface area contributed by atoms with Gasteiger partial charge in [-0.2, -0.15) is 8.78 Å². The SMILES string of the molecule is CC(C)(C)c1nc(C(C)(F)F)nn1Cc1ccc(-c2ccccc2C(=O)O)cc1. The average molecular weight is 399 g/mol. The lowest BCUT2D eigenvalue weighted by atomic mass is 9.95. The molecule has 0 saturated heterocycles. The highest BCUT2D eigenvalue weighted by molar-refractivity contribution is 5.95. The molecule has 0 unspecified atom stereocenters. The Balaban J connectivity index is 1.93. The number of aromatic nitrogens is 3. The van der Waals surface area contributed by atoms with Gasteiger partial charge >= 0.3 is 11.9 Å². The summed E-state index contributed by atoms with van der Waals surface area (Å²) in [5.74, 6) is -4.12. The summed E-state index contributed by atoms with van der Waals surface area (Å²) in [5, 5.41) is 13.4. The Morgan fingerprint density at radius 2 is 1.66 bits per heavy atom. The van der Waals surface area contributed by atoms with Crippen molar-refractivity contribution in [2.24, 2.45) is 0 Å². The third kappa shape index (κ3) is 4.50. The molecule has 0 atom stereocenters. The maximum Gasteiger partial charge on any atom is 0.336 e. The number of rotatable bonds is 5. The van der Waals surface area contributed by atoms with Crippen molar-refractivity contribution < 1.29 is 18.7 Å². The fourth-order valence-corrected chi connectivity index (χ4v) is 3.08. The second-order valence-electron chi connectivity index (χ2n) is 8.10. The molecule has 1 heterocycles. The van der Waals surface area contributed by atoms with Gasteiger partial charge in [-0.25, -0.2) is 14.5 Å². The molecule has 0 fully saturated rings. The van der Waals surface area contributed by atoms with Crippen molar-refractivity contribution in [3.63, 3.8) is 0 Å².